The van der Waals surface area contributed by atoms with Crippen LogP contribution in [0.2, 0.25) is 0 Å². The van der Waals surface area contributed by atoms with Gasteiger partial charge in [-0.2, -0.15) is 27.0 Å². The topological polar surface area (TPSA) is 399 Å². The monoisotopic (exact) mass is 916 g/mol. The maximum Gasteiger partial charge on any atom is 0.337 e. The van der Waals surface area contributed by atoms with E-state index in [1.165, 1.54) is 0 Å². The maximum absolute atomic E-state index is 13.4. The lowest BCUT2D eigenvalue weighted by molar-refractivity contribution is -0.132. The van der Waals surface area contributed by atoms with Gasteiger partial charge in [0.25, 0.3) is 20.2 Å². The normalized spacial score (nSPS) is 14.7. The molecule has 6 rings (SSSR count). The molecule has 0 aliphatic heterocycles. The summed E-state index contributed by atoms with van der Waals surface area (Å²) >= 11 is 0. The predicted molar refractivity (Wildman–Crippen MR) is 221 cm³/mol. The predicted octanol–water partition coefficient (Wildman–Crippen LogP) is 2.84. The van der Waals surface area contributed by atoms with Gasteiger partial charge in [-0.05, 0) is 96.1 Å². The zero-order chi connectivity index (χ0) is 47.0. The number of carbonyl (C=O) groups is 8. The lowest BCUT2D eigenvalue weighted by Gasteiger charge is -2.18. The number of carbonyl (C=O) groups excluding carboxylic acids is 4. The quantitative estimate of drug-likeness (QED) is 0.0555. The maximum atomic E-state index is 13.4. The van der Waals surface area contributed by atoms with Crippen molar-refractivity contribution in [2.24, 2.45) is 10.2 Å². The van der Waals surface area contributed by atoms with Crippen molar-refractivity contribution in [2.45, 2.75) is 0 Å². The van der Waals surface area contributed by atoms with Gasteiger partial charge in [0.05, 0.1) is 33.6 Å². The van der Waals surface area contributed by atoms with Gasteiger partial charge < -0.3 is 31.1 Å². The number of nitrogens with one attached hydrogen (secondary N) is 4. The van der Waals surface area contributed by atoms with E-state index in [2.05, 4.69) is 31.7 Å². The Bertz CT molecular complexity index is 2990. The molecule has 2 aliphatic carbocycles. The molecule has 10 N–H and O–H groups in total. The Morgan fingerprint density at radius 2 is 0.844 bits per heavy atom. The number of anilines is 4. The minimum Gasteiger partial charge on any atom is -0.478 e. The second-order valence-electron chi connectivity index (χ2n) is 13.0. The van der Waals surface area contributed by atoms with E-state index in [1.54, 1.807) is 0 Å². The summed E-state index contributed by atoms with van der Waals surface area (Å²) in [5.74, 6) is -11.0. The van der Waals surface area contributed by atoms with Crippen LogP contribution in [0, 0.1) is 0 Å². The smallest absolute Gasteiger partial charge is 0.337 e. The first-order valence-corrected chi connectivity index (χ1v) is 20.1. The van der Waals surface area contributed by atoms with Crippen LogP contribution in [0.5, 0.6) is 0 Å². The van der Waals surface area contributed by atoms with E-state index in [0.29, 0.717) is 0 Å². The van der Waals surface area contributed by atoms with Crippen LogP contribution >= 0.6 is 0 Å². The molecule has 26 heteroatoms. The van der Waals surface area contributed by atoms with E-state index in [4.69, 9.17) is 0 Å². The van der Waals surface area contributed by atoms with Gasteiger partial charge in [-0.15, -0.1) is 0 Å². The van der Waals surface area contributed by atoms with Crippen molar-refractivity contribution in [3.63, 3.8) is 0 Å². The number of ketones is 2. The third-order valence-electron chi connectivity index (χ3n) is 8.91. The third-order valence-corrected chi connectivity index (χ3v) is 10.6. The van der Waals surface area contributed by atoms with Crippen molar-refractivity contribution in [1.29, 1.82) is 0 Å². The average Bonchev–Trinajstić information content (AvgIpc) is 3.21. The minimum absolute atomic E-state index is 0.199. The number of carboxylic acid groups (broad SMARTS) is 4. The van der Waals surface area contributed by atoms with E-state index in [9.17, 15) is 84.7 Å². The first-order chi connectivity index (χ1) is 29.9. The fourth-order valence-electron chi connectivity index (χ4n) is 5.96. The van der Waals surface area contributed by atoms with Crippen LogP contribution < -0.4 is 21.5 Å². The van der Waals surface area contributed by atoms with Gasteiger partial charge in [-0.1, -0.05) is 0 Å². The molecule has 2 aliphatic rings. The van der Waals surface area contributed by atoms with Gasteiger partial charge in [-0.25, -0.2) is 19.2 Å². The number of Topliss-reactive ketones (excluding diaryl/α,β-unsaturated/α-hetero) is 2. The van der Waals surface area contributed by atoms with Crippen molar-refractivity contribution in [3.05, 3.63) is 127 Å². The van der Waals surface area contributed by atoms with Crippen LogP contribution in [0.1, 0.15) is 73.3 Å². The fraction of sp³-hybridized carbons (Fsp3) is 0. The molecule has 326 valence electrons. The summed E-state index contributed by atoms with van der Waals surface area (Å²) in [4.78, 5) is 96.8. The second kappa shape index (κ2) is 17.0. The summed E-state index contributed by atoms with van der Waals surface area (Å²) in [6.07, 6.45) is 1.54. The number of hydrogen-bond donors (Lipinski definition) is 10. The lowest BCUT2D eigenvalue weighted by Crippen LogP contribution is -2.30. The van der Waals surface area contributed by atoms with Crippen LogP contribution in [0.25, 0.3) is 12.2 Å². The van der Waals surface area contributed by atoms with Crippen molar-refractivity contribution >= 4 is 114 Å². The van der Waals surface area contributed by atoms with E-state index < -0.39 is 122 Å². The van der Waals surface area contributed by atoms with E-state index >= 15 is 0 Å². The summed E-state index contributed by atoms with van der Waals surface area (Å²) in [7, 11) is -10.5. The van der Waals surface area contributed by atoms with Crippen molar-refractivity contribution < 1.29 is 84.7 Å². The number of carboxylic acids is 4. The zero-order valence-corrected chi connectivity index (χ0v) is 33.0. The van der Waals surface area contributed by atoms with Crippen LogP contribution in [0.3, 0.4) is 0 Å². The molecule has 0 spiro atoms. The standard InChI is InChI=1S/C38H24N6O18S2/c45-31-21-7-3-19(9-17(21)13-27(63(57,58)59)29(31)43-41-25-11-15(35(49)50)1-5-23(25)37(53)54)39-33(47)34(48)40-20-4-8-22-18(10-20)14-28(64(60,61)62)30(32(22)46)44-42-26-12-16(36(51)52)2-6-24(26)38(55)56/h1-14,41-42H,(H,39,47)(H,40,48)(H,49,50)(H,51,52)(H,53,54)(H,55,56)(H,57,58,59)(H,60,61,62)/b43-29-,44-30-. The molecular formula is C38H24N6O18S2. The number of benzene rings is 4. The van der Waals surface area contributed by atoms with Crippen LogP contribution in [-0.4, -0.2) is 105 Å². The van der Waals surface area contributed by atoms with Crippen LogP contribution in [0.15, 0.2) is 92.8 Å². The van der Waals surface area contributed by atoms with Crippen molar-refractivity contribution in [2.75, 3.05) is 21.5 Å². The van der Waals surface area contributed by atoms with Gasteiger partial charge in [0.1, 0.15) is 9.81 Å². The Balaban J connectivity index is 1.22. The second-order valence-corrected chi connectivity index (χ2v) is 15.8. The van der Waals surface area contributed by atoms with Gasteiger partial charge in [-0.3, -0.25) is 39.1 Å². The number of nitrogens with zero attached hydrogens (tertiary/aromatic N) is 2. The molecule has 0 bridgehead atoms. The number of aromatic carboxylic acids is 4. The summed E-state index contributed by atoms with van der Waals surface area (Å²) in [5.41, 5.74) is -1.65. The molecule has 0 fully saturated rings. The molecule has 4 aromatic carbocycles. The molecule has 2 amide bonds. The molecule has 0 saturated carbocycles. The first-order valence-electron chi connectivity index (χ1n) is 17.2. The highest BCUT2D eigenvalue weighted by Crippen LogP contribution is 2.31. The number of amides is 2. The molecule has 0 heterocycles. The van der Waals surface area contributed by atoms with E-state index in [0.717, 1.165) is 84.9 Å². The van der Waals surface area contributed by atoms with Crippen LogP contribution in [0.4, 0.5) is 22.7 Å². The number of allylic oxidation sites excluding steroid dienone is 2. The lowest BCUT2D eigenvalue weighted by atomic mass is 9.94. The average molecular weight is 917 g/mol. The number of rotatable bonds is 12. The molecule has 0 aromatic heterocycles. The highest BCUT2D eigenvalue weighted by Gasteiger charge is 2.35. The fourth-order valence-corrected chi connectivity index (χ4v) is 7.27. The summed E-state index contributed by atoms with van der Waals surface area (Å²) in [6, 6.07) is 11.9. The summed E-state index contributed by atoms with van der Waals surface area (Å²) in [6.45, 7) is 0. The molecule has 0 atom stereocenters. The molecule has 0 saturated heterocycles. The first kappa shape index (κ1) is 44.8. The molecule has 64 heavy (non-hydrogen) atoms. The van der Waals surface area contributed by atoms with E-state index in [1.807, 2.05) is 0 Å². The summed E-state index contributed by atoms with van der Waals surface area (Å²) in [5, 5.41) is 49.3. The summed E-state index contributed by atoms with van der Waals surface area (Å²) < 4.78 is 69.4. The van der Waals surface area contributed by atoms with Crippen molar-refractivity contribution in [3.8, 4) is 0 Å². The van der Waals surface area contributed by atoms with Gasteiger partial charge >= 0.3 is 35.7 Å². The number of hydrogen-bond acceptors (Lipinski definition) is 16. The molecule has 24 nitrogen and oxygen atoms in total. The van der Waals surface area contributed by atoms with Crippen LogP contribution in [-0.2, 0) is 29.8 Å². The minimum atomic E-state index is -5.25. The Morgan fingerprint density at radius 1 is 0.484 bits per heavy atom. The van der Waals surface area contributed by atoms with Gasteiger partial charge in [0.2, 0.25) is 11.6 Å². The number of hydrazone groups is 2. The molecule has 0 radical (unpaired) electrons. The molecule has 4 aromatic rings. The Morgan fingerprint density at radius 3 is 1.16 bits per heavy atom. The Hall–Kier alpha value is -8.72. The van der Waals surface area contributed by atoms with Crippen molar-refractivity contribution in [1.82, 2.24) is 0 Å². The van der Waals surface area contributed by atoms with Gasteiger partial charge in [0.15, 0.2) is 11.4 Å². The molecule has 0 unspecified atom stereocenters. The SMILES string of the molecule is O=C(Nc1ccc2c(c1)C=C(S(=O)(=O)O)/C(=N/Nc1cc(C(=O)O)ccc1C(=O)O)C2=O)C(=O)Nc1ccc2c(c1)C=C(S(=O)(=O)O)/C(=N/Nc1cc(C(=O)O)ccc1C(=O)O)C2=O. The Kier molecular flexibility index (Phi) is 11.9. The number of fused-ring (bicyclic) bond motifs is 2. The zero-order valence-electron chi connectivity index (χ0n) is 31.4. The van der Waals surface area contributed by atoms with Gasteiger partial charge in [0, 0.05) is 22.5 Å². The third kappa shape index (κ3) is 9.28. The largest absolute Gasteiger partial charge is 0.478 e. The molecular weight excluding hydrogens is 893 g/mol. The highest BCUT2D eigenvalue weighted by atomic mass is 32.2. The van der Waals surface area contributed by atoms with E-state index in [-0.39, 0.29) is 33.6 Å². The Labute approximate surface area is 356 Å². The highest BCUT2D eigenvalue weighted by molar-refractivity contribution is 7.91.